The molecule has 0 saturated carbocycles. The molecule has 338 valence electrons. The molecule has 0 amide bonds. The van der Waals surface area contributed by atoms with Crippen LogP contribution in [0.4, 0.5) is 11.4 Å². The number of nitro groups is 2. The second-order valence-electron chi connectivity index (χ2n) is 16.7. The molecule has 4 aromatic carbocycles. The minimum absolute atomic E-state index is 0.0194. The van der Waals surface area contributed by atoms with Gasteiger partial charge in [0.1, 0.15) is 28.3 Å². The van der Waals surface area contributed by atoms with Gasteiger partial charge in [-0.3, -0.25) is 20.2 Å². The van der Waals surface area contributed by atoms with Gasteiger partial charge in [-0.15, -0.1) is 0 Å². The van der Waals surface area contributed by atoms with Crippen LogP contribution < -0.4 is 0 Å². The molecule has 12 heteroatoms. The quantitative estimate of drug-likeness (QED) is 0.0523. The van der Waals surface area contributed by atoms with Crippen molar-refractivity contribution < 1.29 is 39.1 Å². The first-order chi connectivity index (χ1) is 30.8. The number of aliphatic hydroxyl groups excluding tert-OH is 2. The monoisotopic (exact) mass is 872 g/mol. The molecule has 0 aromatic heterocycles. The highest BCUT2D eigenvalue weighted by Crippen LogP contribution is 2.43. The summed E-state index contributed by atoms with van der Waals surface area (Å²) in [6, 6.07) is 32.6. The van der Waals surface area contributed by atoms with Gasteiger partial charge in [-0.05, 0) is 92.5 Å². The van der Waals surface area contributed by atoms with Gasteiger partial charge in [0.15, 0.2) is 0 Å². The Morgan fingerprint density at radius 3 is 1.64 bits per heavy atom. The van der Waals surface area contributed by atoms with E-state index in [1.807, 2.05) is 57.2 Å². The fraction of sp³-hybridized carbons (Fsp3) is 0.385. The molecule has 0 unspecified atom stereocenters. The molecule has 0 saturated heterocycles. The van der Waals surface area contributed by atoms with Crippen molar-refractivity contribution in [2.24, 2.45) is 0 Å². The Morgan fingerprint density at radius 2 is 1.17 bits per heavy atom. The van der Waals surface area contributed by atoms with Gasteiger partial charge in [-0.1, -0.05) is 125 Å². The molecule has 64 heavy (non-hydrogen) atoms. The summed E-state index contributed by atoms with van der Waals surface area (Å²) in [4.78, 5) is 47.7. The number of aryl methyl sites for hydroxylation is 2. The van der Waals surface area contributed by atoms with Crippen LogP contribution in [0, 0.1) is 20.2 Å². The molecule has 2 aliphatic rings. The van der Waals surface area contributed by atoms with Crippen LogP contribution in [-0.4, -0.2) is 43.2 Å². The molecule has 0 aliphatic carbocycles. The summed E-state index contributed by atoms with van der Waals surface area (Å²) in [6.07, 6.45) is 10.5. The van der Waals surface area contributed by atoms with Gasteiger partial charge in [0.05, 0.1) is 15.4 Å². The lowest BCUT2D eigenvalue weighted by Crippen LogP contribution is -2.41. The Morgan fingerprint density at radius 1 is 0.672 bits per heavy atom. The molecule has 3 atom stereocenters. The highest BCUT2D eigenvalue weighted by atomic mass is 16.6. The number of cyclic esters (lactones) is 2. The van der Waals surface area contributed by atoms with E-state index in [0.29, 0.717) is 48.8 Å². The predicted octanol–water partition coefficient (Wildman–Crippen LogP) is 12.7. The summed E-state index contributed by atoms with van der Waals surface area (Å²) in [5, 5.41) is 44.3. The largest absolute Gasteiger partial charge is 0.512 e. The Balaban J connectivity index is 0.000000241. The van der Waals surface area contributed by atoms with E-state index in [2.05, 4.69) is 24.3 Å². The van der Waals surface area contributed by atoms with Gasteiger partial charge in [0.25, 0.3) is 11.4 Å². The molecule has 12 nitrogen and oxygen atoms in total. The Bertz CT molecular complexity index is 2360. The van der Waals surface area contributed by atoms with Crippen molar-refractivity contribution in [1.29, 1.82) is 0 Å². The first-order valence-electron chi connectivity index (χ1n) is 22.3. The minimum Gasteiger partial charge on any atom is -0.512 e. The van der Waals surface area contributed by atoms with E-state index in [9.17, 15) is 40.0 Å². The molecule has 0 fully saturated rings. The maximum atomic E-state index is 13.1. The van der Waals surface area contributed by atoms with Gasteiger partial charge in [-0.25, -0.2) is 9.59 Å². The van der Waals surface area contributed by atoms with E-state index in [0.717, 1.165) is 38.5 Å². The van der Waals surface area contributed by atoms with Crippen LogP contribution in [0.2, 0.25) is 0 Å². The van der Waals surface area contributed by atoms with Crippen LogP contribution in [0.25, 0.3) is 5.57 Å². The number of nitrogens with zero attached hydrogens (tertiary/aromatic N) is 2. The molecule has 2 N–H and O–H groups in total. The lowest BCUT2D eigenvalue weighted by molar-refractivity contribution is -0.385. The summed E-state index contributed by atoms with van der Waals surface area (Å²) >= 11 is 0. The van der Waals surface area contributed by atoms with Crippen LogP contribution in [0.1, 0.15) is 126 Å². The zero-order valence-electron chi connectivity index (χ0n) is 37.3. The third-order valence-corrected chi connectivity index (χ3v) is 12.1. The van der Waals surface area contributed by atoms with Crippen LogP contribution in [-0.2, 0) is 31.9 Å². The van der Waals surface area contributed by atoms with Crippen molar-refractivity contribution in [3.05, 3.63) is 180 Å². The molecular weight excluding hydrogens is 813 g/mol. The van der Waals surface area contributed by atoms with Gasteiger partial charge in [0, 0.05) is 43.0 Å². The number of hydrogen-bond donors (Lipinski definition) is 2. The van der Waals surface area contributed by atoms with Crippen molar-refractivity contribution in [1.82, 2.24) is 0 Å². The zero-order chi connectivity index (χ0) is 46.3. The fourth-order valence-electron chi connectivity index (χ4n) is 9.15. The fourth-order valence-corrected chi connectivity index (χ4v) is 9.15. The van der Waals surface area contributed by atoms with E-state index in [-0.39, 0.29) is 46.9 Å². The third-order valence-electron chi connectivity index (χ3n) is 12.1. The van der Waals surface area contributed by atoms with Crippen LogP contribution >= 0.6 is 0 Å². The number of non-ortho nitro benzene ring substituents is 2. The maximum Gasteiger partial charge on any atom is 0.342 e. The van der Waals surface area contributed by atoms with Crippen LogP contribution in [0.15, 0.2) is 138 Å². The lowest BCUT2D eigenvalue weighted by atomic mass is 9.80. The summed E-state index contributed by atoms with van der Waals surface area (Å²) in [5.74, 6) is -1.52. The van der Waals surface area contributed by atoms with Crippen molar-refractivity contribution in [2.45, 2.75) is 128 Å². The van der Waals surface area contributed by atoms with Crippen LogP contribution in [0.3, 0.4) is 0 Å². The highest BCUT2D eigenvalue weighted by Gasteiger charge is 2.44. The second-order valence-corrected chi connectivity index (χ2v) is 16.7. The summed E-state index contributed by atoms with van der Waals surface area (Å²) < 4.78 is 12.0. The van der Waals surface area contributed by atoms with Crippen LogP contribution in [0.5, 0.6) is 0 Å². The number of aliphatic hydroxyl groups is 2. The van der Waals surface area contributed by atoms with E-state index in [1.54, 1.807) is 37.3 Å². The predicted molar refractivity (Wildman–Crippen MR) is 248 cm³/mol. The summed E-state index contributed by atoms with van der Waals surface area (Å²) in [6.45, 7) is 7.70. The zero-order valence-corrected chi connectivity index (χ0v) is 37.3. The average molecular weight is 873 g/mol. The first kappa shape index (κ1) is 48.5. The molecule has 2 heterocycles. The SMILES string of the molecule is C/C=C(\C1=C(O)C[C@@](CCC)(CCCc2ccccc2)OC1=O)c1cccc([N+](=O)[O-])c1.CCC[C@@]1(CCCc2ccccc2)CC(O)=C([C@H](CC)c2cccc([N+](=O)[O-])c2)C(=O)O1. The Labute approximate surface area is 375 Å². The van der Waals surface area contributed by atoms with Gasteiger partial charge < -0.3 is 19.7 Å². The van der Waals surface area contributed by atoms with Gasteiger partial charge in [-0.2, -0.15) is 0 Å². The number of ether oxygens (including phenoxy) is 2. The van der Waals surface area contributed by atoms with Crippen molar-refractivity contribution in [2.75, 3.05) is 0 Å². The normalized spacial score (nSPS) is 19.3. The molecule has 2 aliphatic heterocycles. The molecule has 0 radical (unpaired) electrons. The standard InChI is InChI=1S/C26H31NO5.C26H29NO5/c2*1-3-15-26(16-9-12-19-10-6-5-7-11-19)18-23(28)24(25(29)32-26)22(4-2)20-13-8-14-21(17-20)27(30)31/h5-8,10-11,13-14,17,22,28H,3-4,9,12,15-16,18H2,1-2H3;4-8,10-11,13-14,17,28H,3,9,12,15-16,18H2,1-2H3/b;22-4-/t22-,26-;26-/m11/s1. The van der Waals surface area contributed by atoms with Gasteiger partial charge in [0.2, 0.25) is 0 Å². The number of benzene rings is 4. The number of carbonyl (C=O) groups excluding carboxylic acids is 2. The number of nitro benzene ring substituents is 2. The number of esters is 2. The Kier molecular flexibility index (Phi) is 17.2. The number of allylic oxidation sites excluding steroid dienone is 1. The molecule has 0 spiro atoms. The molecule has 0 bridgehead atoms. The first-order valence-corrected chi connectivity index (χ1v) is 22.3. The average Bonchev–Trinajstić information content (AvgIpc) is 3.27. The number of hydrogen-bond acceptors (Lipinski definition) is 10. The van der Waals surface area contributed by atoms with Gasteiger partial charge >= 0.3 is 11.9 Å². The highest BCUT2D eigenvalue weighted by molar-refractivity contribution is 6.07. The smallest absolute Gasteiger partial charge is 0.342 e. The molecule has 6 rings (SSSR count). The second kappa shape index (κ2) is 22.7. The molecule has 4 aromatic rings. The minimum atomic E-state index is -0.740. The van der Waals surface area contributed by atoms with Crippen molar-refractivity contribution in [3.8, 4) is 0 Å². The summed E-state index contributed by atoms with van der Waals surface area (Å²) in [5.41, 5.74) is 2.77. The van der Waals surface area contributed by atoms with E-state index >= 15 is 0 Å². The lowest BCUT2D eigenvalue weighted by Gasteiger charge is -2.38. The van der Waals surface area contributed by atoms with E-state index in [1.165, 1.54) is 35.4 Å². The van der Waals surface area contributed by atoms with Crippen molar-refractivity contribution in [3.63, 3.8) is 0 Å². The van der Waals surface area contributed by atoms with E-state index < -0.39 is 38.9 Å². The maximum absolute atomic E-state index is 13.1. The third kappa shape index (κ3) is 12.3. The topological polar surface area (TPSA) is 179 Å². The van der Waals surface area contributed by atoms with E-state index in [4.69, 9.17) is 9.47 Å². The number of rotatable bonds is 19. The summed E-state index contributed by atoms with van der Waals surface area (Å²) in [7, 11) is 0. The Hall–Kier alpha value is -6.56. The van der Waals surface area contributed by atoms with Crippen molar-refractivity contribution >= 4 is 28.9 Å². The number of carbonyl (C=O) groups is 2. The molecular formula is C52H60N2O10.